The van der Waals surface area contributed by atoms with E-state index in [-0.39, 0.29) is 38.1 Å². The van der Waals surface area contributed by atoms with E-state index in [0.29, 0.717) is 0 Å². The van der Waals surface area contributed by atoms with Gasteiger partial charge in [0.1, 0.15) is 6.10 Å². The Morgan fingerprint density at radius 2 is 1.93 bits per heavy atom. The first kappa shape index (κ1) is 9.57. The van der Waals surface area contributed by atoms with Gasteiger partial charge >= 0.3 is 0 Å². The number of carbonyl (C=O) groups is 2. The predicted molar refractivity (Wildman–Crippen MR) is 45.3 cm³/mol. The third-order valence-corrected chi connectivity index (χ3v) is 2.44. The molecule has 2 unspecified atom stereocenters. The van der Waals surface area contributed by atoms with Crippen molar-refractivity contribution in [3.05, 3.63) is 0 Å². The molecule has 2 aliphatic heterocycles. The van der Waals surface area contributed by atoms with Crippen molar-refractivity contribution in [2.75, 3.05) is 26.3 Å². The minimum atomic E-state index is -0.749. The van der Waals surface area contributed by atoms with E-state index in [4.69, 9.17) is 4.74 Å². The molecule has 2 amide bonds. The molecule has 0 aromatic carbocycles. The molecule has 6 nitrogen and oxygen atoms in total. The van der Waals surface area contributed by atoms with Crippen LogP contribution < -0.4 is 5.32 Å². The number of aliphatic hydroxyl groups is 1. The summed E-state index contributed by atoms with van der Waals surface area (Å²) in [5, 5.41) is 12.2. The molecule has 78 valence electrons. The van der Waals surface area contributed by atoms with Crippen molar-refractivity contribution >= 4 is 11.8 Å². The minimum absolute atomic E-state index is 0.148. The van der Waals surface area contributed by atoms with Crippen LogP contribution in [0.15, 0.2) is 0 Å². The summed E-state index contributed by atoms with van der Waals surface area (Å²) >= 11 is 0. The van der Waals surface area contributed by atoms with Crippen LogP contribution in [-0.4, -0.2) is 60.3 Å². The van der Waals surface area contributed by atoms with Gasteiger partial charge in [-0.1, -0.05) is 0 Å². The third-order valence-electron chi connectivity index (χ3n) is 2.44. The molecule has 2 N–H and O–H groups in total. The van der Waals surface area contributed by atoms with Gasteiger partial charge in [-0.15, -0.1) is 0 Å². The molecule has 0 saturated carbocycles. The second-order valence-corrected chi connectivity index (χ2v) is 3.43. The highest BCUT2D eigenvalue weighted by atomic mass is 16.5. The fourth-order valence-corrected chi connectivity index (χ4v) is 1.73. The zero-order valence-electron chi connectivity index (χ0n) is 7.60. The molecule has 0 aromatic rings. The highest BCUT2D eigenvalue weighted by Gasteiger charge is 2.39. The van der Waals surface area contributed by atoms with Crippen LogP contribution in [0.3, 0.4) is 0 Å². The first-order valence-corrected chi connectivity index (χ1v) is 4.51. The molecule has 0 aromatic heterocycles. The zero-order valence-corrected chi connectivity index (χ0v) is 7.60. The van der Waals surface area contributed by atoms with E-state index in [9.17, 15) is 14.7 Å². The fraction of sp³-hybridized carbons (Fsp3) is 0.750. The Bertz CT molecular complexity index is 252. The van der Waals surface area contributed by atoms with Crippen LogP contribution in [0, 0.1) is 0 Å². The lowest BCUT2D eigenvalue weighted by atomic mass is 10.1. The number of carbonyl (C=O) groups excluding carboxylic acids is 2. The summed E-state index contributed by atoms with van der Waals surface area (Å²) in [6.45, 7) is 0.720. The van der Waals surface area contributed by atoms with E-state index in [1.54, 1.807) is 0 Å². The first-order valence-electron chi connectivity index (χ1n) is 4.51. The molecule has 0 spiro atoms. The maximum Gasteiger partial charge on any atom is 0.243 e. The zero-order chi connectivity index (χ0) is 10.1. The molecular formula is C8H12N2O4. The van der Waals surface area contributed by atoms with Gasteiger partial charge in [0.25, 0.3) is 0 Å². The highest BCUT2D eigenvalue weighted by molar-refractivity contribution is 5.99. The molecule has 2 saturated heterocycles. The van der Waals surface area contributed by atoms with E-state index >= 15 is 0 Å². The summed E-state index contributed by atoms with van der Waals surface area (Å²) in [6.07, 6.45) is -0.749. The maximum absolute atomic E-state index is 11.4. The van der Waals surface area contributed by atoms with Crippen LogP contribution in [0.1, 0.15) is 0 Å². The number of aliphatic hydroxyl groups excluding tert-OH is 1. The quantitative estimate of drug-likeness (QED) is 0.466. The molecule has 2 rings (SSSR count). The molecule has 2 aliphatic rings. The van der Waals surface area contributed by atoms with Crippen molar-refractivity contribution < 1.29 is 19.4 Å². The number of ether oxygens (including phenoxy) is 1. The minimum Gasteiger partial charge on any atom is -0.388 e. The molecule has 2 fully saturated rings. The number of amides is 2. The number of hydrogen-bond donors (Lipinski definition) is 2. The van der Waals surface area contributed by atoms with Crippen LogP contribution in [-0.2, 0) is 14.3 Å². The lowest BCUT2D eigenvalue weighted by Crippen LogP contribution is -2.58. The van der Waals surface area contributed by atoms with Gasteiger partial charge in [0.05, 0.1) is 32.3 Å². The van der Waals surface area contributed by atoms with Crippen LogP contribution in [0.5, 0.6) is 0 Å². The Morgan fingerprint density at radius 3 is 2.43 bits per heavy atom. The molecule has 6 heteroatoms. The van der Waals surface area contributed by atoms with E-state index in [0.717, 1.165) is 4.90 Å². The van der Waals surface area contributed by atoms with Gasteiger partial charge in [-0.3, -0.25) is 19.8 Å². The van der Waals surface area contributed by atoms with Gasteiger partial charge in [-0.2, -0.15) is 0 Å². The molecule has 2 atom stereocenters. The molecular weight excluding hydrogens is 188 g/mol. The summed E-state index contributed by atoms with van der Waals surface area (Å²) in [5.74, 6) is -0.591. The molecule has 2 heterocycles. The Hall–Kier alpha value is -0.980. The van der Waals surface area contributed by atoms with E-state index in [2.05, 4.69) is 5.32 Å². The normalized spacial score (nSPS) is 33.9. The van der Waals surface area contributed by atoms with Crippen molar-refractivity contribution in [3.8, 4) is 0 Å². The molecule has 14 heavy (non-hydrogen) atoms. The SMILES string of the molecule is O=C1CNCC(=O)N1C1COCC1O. The highest BCUT2D eigenvalue weighted by Crippen LogP contribution is 2.14. The van der Waals surface area contributed by atoms with Gasteiger partial charge in [-0.25, -0.2) is 0 Å². The van der Waals surface area contributed by atoms with Gasteiger partial charge in [0.2, 0.25) is 11.8 Å². The average Bonchev–Trinajstić information content (AvgIpc) is 2.52. The van der Waals surface area contributed by atoms with Crippen molar-refractivity contribution in [2.45, 2.75) is 12.1 Å². The van der Waals surface area contributed by atoms with Crippen molar-refractivity contribution in [3.63, 3.8) is 0 Å². The van der Waals surface area contributed by atoms with E-state index < -0.39 is 12.1 Å². The van der Waals surface area contributed by atoms with Gasteiger partial charge in [0.15, 0.2) is 0 Å². The average molecular weight is 200 g/mol. The second-order valence-electron chi connectivity index (χ2n) is 3.43. The lowest BCUT2D eigenvalue weighted by Gasteiger charge is -2.31. The van der Waals surface area contributed by atoms with Crippen molar-refractivity contribution in [2.24, 2.45) is 0 Å². The maximum atomic E-state index is 11.4. The Morgan fingerprint density at radius 1 is 1.29 bits per heavy atom. The fourth-order valence-electron chi connectivity index (χ4n) is 1.73. The summed E-state index contributed by atoms with van der Waals surface area (Å²) < 4.78 is 5.00. The van der Waals surface area contributed by atoms with Gasteiger partial charge < -0.3 is 9.84 Å². The Labute approximate surface area is 80.8 Å². The van der Waals surface area contributed by atoms with Crippen molar-refractivity contribution in [1.82, 2.24) is 10.2 Å². The Balaban J connectivity index is 2.13. The lowest BCUT2D eigenvalue weighted by molar-refractivity contribution is -0.151. The smallest absolute Gasteiger partial charge is 0.243 e. The van der Waals surface area contributed by atoms with Gasteiger partial charge in [0, 0.05) is 0 Å². The topological polar surface area (TPSA) is 78.9 Å². The van der Waals surface area contributed by atoms with E-state index in [1.807, 2.05) is 0 Å². The molecule has 0 bridgehead atoms. The number of nitrogens with zero attached hydrogens (tertiary/aromatic N) is 1. The van der Waals surface area contributed by atoms with Crippen LogP contribution in [0.4, 0.5) is 0 Å². The third kappa shape index (κ3) is 1.52. The van der Waals surface area contributed by atoms with Crippen LogP contribution in [0.2, 0.25) is 0 Å². The first-order chi connectivity index (χ1) is 6.70. The summed E-state index contributed by atoms with van der Waals surface area (Å²) in [7, 11) is 0. The van der Waals surface area contributed by atoms with Crippen molar-refractivity contribution in [1.29, 1.82) is 0 Å². The number of nitrogens with one attached hydrogen (secondary N) is 1. The second kappa shape index (κ2) is 3.64. The number of imide groups is 1. The summed E-state index contributed by atoms with van der Waals surface area (Å²) in [6, 6.07) is -0.503. The number of rotatable bonds is 1. The molecule has 0 radical (unpaired) electrons. The molecule has 0 aliphatic carbocycles. The van der Waals surface area contributed by atoms with Gasteiger partial charge in [-0.05, 0) is 0 Å². The number of hydrogen-bond acceptors (Lipinski definition) is 5. The summed E-state index contributed by atoms with van der Waals surface area (Å²) in [4.78, 5) is 23.9. The van der Waals surface area contributed by atoms with Crippen LogP contribution in [0.25, 0.3) is 0 Å². The largest absolute Gasteiger partial charge is 0.388 e. The van der Waals surface area contributed by atoms with E-state index in [1.165, 1.54) is 0 Å². The standard InChI is InChI=1S/C8H12N2O4/c11-6-4-14-3-5(6)10-7(12)1-9-2-8(10)13/h5-6,9,11H,1-4H2. The predicted octanol–water partition coefficient (Wildman–Crippen LogP) is -2.30. The number of piperazine rings is 1. The summed E-state index contributed by atoms with van der Waals surface area (Å²) in [5.41, 5.74) is 0. The van der Waals surface area contributed by atoms with Crippen LogP contribution >= 0.6 is 0 Å². The Kier molecular flexibility index (Phi) is 2.49. The monoisotopic (exact) mass is 200 g/mol.